The number of carboxylic acid groups (broad SMARTS) is 1. The topological polar surface area (TPSA) is 72.9 Å². The molecule has 3 rings (SSSR count). The number of aliphatic carboxylic acids is 1. The molecule has 1 unspecified atom stereocenters. The molecule has 0 radical (unpaired) electrons. The molecule has 2 aliphatic heterocycles. The third-order valence-corrected chi connectivity index (χ3v) is 5.27. The molecule has 1 amide bonds. The first kappa shape index (κ1) is 16.1. The van der Waals surface area contributed by atoms with Crippen LogP contribution >= 0.6 is 0 Å². The zero-order valence-corrected chi connectivity index (χ0v) is 14.0. The van der Waals surface area contributed by atoms with Gasteiger partial charge in [0.15, 0.2) is 0 Å². The molecule has 1 aliphatic carbocycles. The molecule has 23 heavy (non-hydrogen) atoms. The molecular formula is C17H25N3O3. The Morgan fingerprint density at radius 2 is 2.04 bits per heavy atom. The Morgan fingerprint density at radius 1 is 1.35 bits per heavy atom. The van der Waals surface area contributed by atoms with Gasteiger partial charge in [-0.15, -0.1) is 0 Å². The molecule has 126 valence electrons. The van der Waals surface area contributed by atoms with Crippen LogP contribution in [0.5, 0.6) is 0 Å². The fraction of sp³-hybridized carbons (Fsp3) is 0.647. The number of nitrogens with one attached hydrogen (secondary N) is 1. The van der Waals surface area contributed by atoms with Gasteiger partial charge in [-0.3, -0.25) is 9.69 Å². The van der Waals surface area contributed by atoms with Crippen LogP contribution in [-0.4, -0.2) is 58.6 Å². The van der Waals surface area contributed by atoms with Gasteiger partial charge in [0.25, 0.3) is 0 Å². The van der Waals surface area contributed by atoms with Crippen molar-refractivity contribution in [2.75, 3.05) is 19.6 Å². The number of nitrogens with zero attached hydrogens (tertiary/aromatic N) is 2. The second-order valence-electron chi connectivity index (χ2n) is 7.49. The maximum absolute atomic E-state index is 12.5. The quantitative estimate of drug-likeness (QED) is 0.812. The summed E-state index contributed by atoms with van der Waals surface area (Å²) in [5, 5.41) is 12.1. The minimum absolute atomic E-state index is 0.0114. The van der Waals surface area contributed by atoms with E-state index in [0.717, 1.165) is 26.1 Å². The van der Waals surface area contributed by atoms with E-state index in [1.807, 2.05) is 11.0 Å². The zero-order chi connectivity index (χ0) is 16.8. The van der Waals surface area contributed by atoms with Crippen molar-refractivity contribution in [2.24, 2.45) is 11.3 Å². The lowest BCUT2D eigenvalue weighted by Crippen LogP contribution is -2.59. The summed E-state index contributed by atoms with van der Waals surface area (Å²) < 4.78 is 0. The molecule has 1 saturated heterocycles. The lowest BCUT2D eigenvalue weighted by atomic mass is 10.1. The summed E-state index contributed by atoms with van der Waals surface area (Å²) in [5.74, 6) is -0.445. The standard InChI is InChI=1S/C17H25N3O3/c1-11-10-19(15(21)13-8-17(13,2)3)6-7-20(11)14-5-4-12(9-18-14)16(22)23/h4-5,9,11,13-14,18H,6-8,10H2,1-3H3,(H,22,23)/t11-,13-,14?/m1/s1. The van der Waals surface area contributed by atoms with E-state index in [1.54, 1.807) is 12.3 Å². The van der Waals surface area contributed by atoms with E-state index in [-0.39, 0.29) is 29.1 Å². The molecule has 1 saturated carbocycles. The van der Waals surface area contributed by atoms with Crippen LogP contribution in [-0.2, 0) is 9.59 Å². The van der Waals surface area contributed by atoms with E-state index in [0.29, 0.717) is 5.91 Å². The number of hydrogen-bond donors (Lipinski definition) is 2. The normalized spacial score (nSPS) is 32.9. The van der Waals surface area contributed by atoms with Crippen LogP contribution in [0.4, 0.5) is 0 Å². The summed E-state index contributed by atoms with van der Waals surface area (Å²) in [6.45, 7) is 8.67. The predicted octanol–water partition coefficient (Wildman–Crippen LogP) is 1.02. The van der Waals surface area contributed by atoms with Crippen LogP contribution in [0.25, 0.3) is 0 Å². The number of carbonyl (C=O) groups excluding carboxylic acids is 1. The molecule has 2 N–H and O–H groups in total. The molecule has 0 bridgehead atoms. The lowest BCUT2D eigenvalue weighted by Gasteiger charge is -2.43. The van der Waals surface area contributed by atoms with E-state index < -0.39 is 5.97 Å². The summed E-state index contributed by atoms with van der Waals surface area (Å²) in [5.41, 5.74) is 0.432. The van der Waals surface area contributed by atoms with Gasteiger partial charge in [0.2, 0.25) is 5.91 Å². The van der Waals surface area contributed by atoms with Crippen molar-refractivity contribution in [3.63, 3.8) is 0 Å². The number of carbonyl (C=O) groups is 2. The number of piperazine rings is 1. The molecule has 0 aromatic rings. The number of carboxylic acids is 1. The first-order valence-electron chi connectivity index (χ1n) is 8.22. The van der Waals surface area contributed by atoms with E-state index in [4.69, 9.17) is 5.11 Å². The zero-order valence-electron chi connectivity index (χ0n) is 14.0. The number of amides is 1. The van der Waals surface area contributed by atoms with Crippen molar-refractivity contribution in [3.05, 3.63) is 23.9 Å². The van der Waals surface area contributed by atoms with Crippen molar-refractivity contribution < 1.29 is 14.7 Å². The van der Waals surface area contributed by atoms with Gasteiger partial charge in [-0.2, -0.15) is 0 Å². The second kappa shape index (κ2) is 5.67. The SMILES string of the molecule is C[C@@H]1CN(C(=O)[C@H]2CC2(C)C)CCN1C1C=CC(C(=O)O)=CN1. The van der Waals surface area contributed by atoms with E-state index in [2.05, 4.69) is 31.0 Å². The van der Waals surface area contributed by atoms with E-state index in [9.17, 15) is 9.59 Å². The molecule has 6 nitrogen and oxygen atoms in total. The number of hydrogen-bond acceptors (Lipinski definition) is 4. The van der Waals surface area contributed by atoms with Crippen molar-refractivity contribution in [1.29, 1.82) is 0 Å². The van der Waals surface area contributed by atoms with Crippen LogP contribution in [0.2, 0.25) is 0 Å². The third kappa shape index (κ3) is 3.13. The maximum atomic E-state index is 12.5. The summed E-state index contributed by atoms with van der Waals surface area (Å²) in [6.07, 6.45) is 6.05. The molecule has 0 aromatic carbocycles. The molecular weight excluding hydrogens is 294 g/mol. The molecule has 3 aliphatic rings. The highest BCUT2D eigenvalue weighted by Gasteiger charge is 2.52. The Kier molecular flexibility index (Phi) is 3.96. The Bertz CT molecular complexity index is 582. The minimum atomic E-state index is -0.928. The number of rotatable bonds is 3. The van der Waals surface area contributed by atoms with Gasteiger partial charge in [-0.25, -0.2) is 4.79 Å². The summed E-state index contributed by atoms with van der Waals surface area (Å²) >= 11 is 0. The van der Waals surface area contributed by atoms with Crippen molar-refractivity contribution >= 4 is 11.9 Å². The van der Waals surface area contributed by atoms with Crippen LogP contribution < -0.4 is 5.32 Å². The monoisotopic (exact) mass is 319 g/mol. The molecule has 2 heterocycles. The Hall–Kier alpha value is -1.82. The fourth-order valence-corrected chi connectivity index (χ4v) is 3.51. The third-order valence-electron chi connectivity index (χ3n) is 5.27. The summed E-state index contributed by atoms with van der Waals surface area (Å²) in [4.78, 5) is 27.7. The molecule has 6 heteroatoms. The van der Waals surface area contributed by atoms with Crippen molar-refractivity contribution in [3.8, 4) is 0 Å². The average Bonchev–Trinajstić information content (AvgIpc) is 3.15. The van der Waals surface area contributed by atoms with Gasteiger partial charge in [-0.1, -0.05) is 13.8 Å². The van der Waals surface area contributed by atoms with E-state index >= 15 is 0 Å². The molecule has 2 fully saturated rings. The first-order chi connectivity index (χ1) is 10.8. The highest BCUT2D eigenvalue weighted by atomic mass is 16.4. The molecule has 3 atom stereocenters. The largest absolute Gasteiger partial charge is 0.478 e. The average molecular weight is 319 g/mol. The van der Waals surface area contributed by atoms with E-state index in [1.165, 1.54) is 0 Å². The summed E-state index contributed by atoms with van der Waals surface area (Å²) in [7, 11) is 0. The van der Waals surface area contributed by atoms with Crippen LogP contribution in [0.3, 0.4) is 0 Å². The van der Waals surface area contributed by atoms with Gasteiger partial charge in [0.05, 0.1) is 11.7 Å². The first-order valence-corrected chi connectivity index (χ1v) is 8.22. The molecule has 0 aromatic heterocycles. The Labute approximate surface area is 136 Å². The fourth-order valence-electron chi connectivity index (χ4n) is 3.51. The van der Waals surface area contributed by atoms with Gasteiger partial charge < -0.3 is 15.3 Å². The van der Waals surface area contributed by atoms with Crippen LogP contribution in [0.1, 0.15) is 27.2 Å². The Balaban J connectivity index is 1.57. The highest BCUT2D eigenvalue weighted by molar-refractivity contribution is 5.90. The lowest BCUT2D eigenvalue weighted by molar-refractivity contribution is -0.137. The minimum Gasteiger partial charge on any atom is -0.478 e. The predicted molar refractivity (Wildman–Crippen MR) is 86.4 cm³/mol. The maximum Gasteiger partial charge on any atom is 0.337 e. The highest BCUT2D eigenvalue weighted by Crippen LogP contribution is 2.52. The van der Waals surface area contributed by atoms with Gasteiger partial charge >= 0.3 is 5.97 Å². The van der Waals surface area contributed by atoms with Gasteiger partial charge in [-0.05, 0) is 30.9 Å². The smallest absolute Gasteiger partial charge is 0.337 e. The number of dihydropyridines is 1. The van der Waals surface area contributed by atoms with Crippen LogP contribution in [0, 0.1) is 11.3 Å². The second-order valence-corrected chi connectivity index (χ2v) is 7.49. The van der Waals surface area contributed by atoms with Crippen molar-refractivity contribution in [1.82, 2.24) is 15.1 Å². The van der Waals surface area contributed by atoms with Crippen LogP contribution in [0.15, 0.2) is 23.9 Å². The van der Waals surface area contributed by atoms with Gasteiger partial charge in [0.1, 0.15) is 0 Å². The Morgan fingerprint density at radius 3 is 2.52 bits per heavy atom. The van der Waals surface area contributed by atoms with Gasteiger partial charge in [0, 0.05) is 37.8 Å². The molecule has 0 spiro atoms. The van der Waals surface area contributed by atoms with Crippen molar-refractivity contribution in [2.45, 2.75) is 39.4 Å². The summed E-state index contributed by atoms with van der Waals surface area (Å²) in [6, 6.07) is 0.233.